The van der Waals surface area contributed by atoms with E-state index in [1.54, 1.807) is 11.3 Å². The molecule has 4 atom stereocenters. The van der Waals surface area contributed by atoms with E-state index in [4.69, 9.17) is 9.47 Å². The summed E-state index contributed by atoms with van der Waals surface area (Å²) >= 11 is 1.62. The van der Waals surface area contributed by atoms with Gasteiger partial charge in [0.2, 0.25) is 5.91 Å². The molecule has 0 spiro atoms. The van der Waals surface area contributed by atoms with Gasteiger partial charge >= 0.3 is 0 Å². The van der Waals surface area contributed by atoms with Crippen LogP contribution in [0.25, 0.3) is 10.2 Å². The van der Waals surface area contributed by atoms with Gasteiger partial charge in [-0.2, -0.15) is 0 Å². The second-order valence-corrected chi connectivity index (χ2v) is 7.03. The summed E-state index contributed by atoms with van der Waals surface area (Å²) in [7, 11) is 0. The van der Waals surface area contributed by atoms with Crippen molar-refractivity contribution in [2.75, 3.05) is 13.2 Å². The standard InChI is InChI=1S/C16H18N2O4S/c19-11-8-22-15-10(7-21-16(11)15)17-13(20)5-6-14-18-9-3-1-2-4-12(9)23-14/h1-4,10-11,15-16,19H,5-8H2,(H,17,20)/t10-,11-,15-,16-/m1/s1. The number of aryl methyl sites for hydroxylation is 1. The van der Waals surface area contributed by atoms with E-state index in [9.17, 15) is 9.90 Å². The molecule has 0 aliphatic carbocycles. The van der Waals surface area contributed by atoms with Crippen LogP contribution in [0.3, 0.4) is 0 Å². The molecule has 0 saturated carbocycles. The van der Waals surface area contributed by atoms with Crippen molar-refractivity contribution in [3.05, 3.63) is 29.3 Å². The minimum absolute atomic E-state index is 0.0384. The predicted molar refractivity (Wildman–Crippen MR) is 85.4 cm³/mol. The Hall–Kier alpha value is -1.54. The van der Waals surface area contributed by atoms with Crippen molar-refractivity contribution in [1.29, 1.82) is 0 Å². The molecule has 2 saturated heterocycles. The van der Waals surface area contributed by atoms with Crippen molar-refractivity contribution >= 4 is 27.5 Å². The van der Waals surface area contributed by atoms with Crippen LogP contribution in [0.4, 0.5) is 0 Å². The fourth-order valence-corrected chi connectivity index (χ4v) is 4.10. The van der Waals surface area contributed by atoms with Crippen LogP contribution in [0.15, 0.2) is 24.3 Å². The Kier molecular flexibility index (Phi) is 4.02. The van der Waals surface area contributed by atoms with Crippen molar-refractivity contribution in [2.24, 2.45) is 0 Å². The molecule has 2 aliphatic heterocycles. The highest BCUT2D eigenvalue weighted by Crippen LogP contribution is 2.27. The predicted octanol–water partition coefficient (Wildman–Crippen LogP) is 0.872. The van der Waals surface area contributed by atoms with Gasteiger partial charge in [-0.3, -0.25) is 4.79 Å². The molecule has 2 aromatic rings. The molecule has 4 rings (SSSR count). The van der Waals surface area contributed by atoms with E-state index in [0.717, 1.165) is 15.2 Å². The number of hydrogen-bond acceptors (Lipinski definition) is 6. The third kappa shape index (κ3) is 2.97. The molecule has 2 aliphatic rings. The molecule has 0 unspecified atom stereocenters. The molecule has 0 radical (unpaired) electrons. The number of nitrogens with zero attached hydrogens (tertiary/aromatic N) is 1. The Bertz CT molecular complexity index is 686. The van der Waals surface area contributed by atoms with Crippen molar-refractivity contribution < 1.29 is 19.4 Å². The smallest absolute Gasteiger partial charge is 0.220 e. The molecular weight excluding hydrogens is 316 g/mol. The number of ether oxygens (including phenoxy) is 2. The number of benzene rings is 1. The summed E-state index contributed by atoms with van der Waals surface area (Å²) in [5, 5.41) is 13.6. The fraction of sp³-hybridized carbons (Fsp3) is 0.500. The number of nitrogens with one attached hydrogen (secondary N) is 1. The highest BCUT2D eigenvalue weighted by atomic mass is 32.1. The van der Waals surface area contributed by atoms with E-state index in [0.29, 0.717) is 19.4 Å². The average molecular weight is 334 g/mol. The normalized spacial score (nSPS) is 29.8. The first kappa shape index (κ1) is 15.0. The van der Waals surface area contributed by atoms with Gasteiger partial charge in [-0.1, -0.05) is 12.1 Å². The first-order valence-corrected chi connectivity index (χ1v) is 8.57. The number of aliphatic hydroxyl groups excluding tert-OH is 1. The van der Waals surface area contributed by atoms with Crippen molar-refractivity contribution in [3.8, 4) is 0 Å². The van der Waals surface area contributed by atoms with E-state index in [-0.39, 0.29) is 30.8 Å². The summed E-state index contributed by atoms with van der Waals surface area (Å²) < 4.78 is 12.2. The van der Waals surface area contributed by atoms with Gasteiger partial charge in [0.1, 0.15) is 18.3 Å². The monoisotopic (exact) mass is 334 g/mol. The quantitative estimate of drug-likeness (QED) is 0.867. The number of aromatic nitrogens is 1. The summed E-state index contributed by atoms with van der Waals surface area (Å²) in [5.74, 6) is -0.0384. The van der Waals surface area contributed by atoms with Gasteiger partial charge in [-0.15, -0.1) is 11.3 Å². The summed E-state index contributed by atoms with van der Waals surface area (Å²) in [4.78, 5) is 16.7. The van der Waals surface area contributed by atoms with E-state index >= 15 is 0 Å². The summed E-state index contributed by atoms with van der Waals surface area (Å²) in [5.41, 5.74) is 0.980. The summed E-state index contributed by atoms with van der Waals surface area (Å²) in [6.07, 6.45) is -0.141. The molecule has 1 aromatic carbocycles. The molecule has 122 valence electrons. The average Bonchev–Trinajstić information content (AvgIpc) is 3.22. The zero-order valence-electron chi connectivity index (χ0n) is 12.5. The van der Waals surface area contributed by atoms with Gasteiger partial charge in [0, 0.05) is 12.8 Å². The third-order valence-electron chi connectivity index (χ3n) is 4.28. The Morgan fingerprint density at radius 2 is 2.13 bits per heavy atom. The van der Waals surface area contributed by atoms with Crippen molar-refractivity contribution in [1.82, 2.24) is 10.3 Å². The van der Waals surface area contributed by atoms with E-state index < -0.39 is 6.10 Å². The Morgan fingerprint density at radius 1 is 1.30 bits per heavy atom. The molecule has 23 heavy (non-hydrogen) atoms. The fourth-order valence-electron chi connectivity index (χ4n) is 3.13. The number of thiazole rings is 1. The minimum Gasteiger partial charge on any atom is -0.388 e. The third-order valence-corrected chi connectivity index (χ3v) is 5.37. The number of fused-ring (bicyclic) bond motifs is 2. The van der Waals surface area contributed by atoms with Gasteiger partial charge in [0.25, 0.3) is 0 Å². The Balaban J connectivity index is 1.32. The number of hydrogen-bond donors (Lipinski definition) is 2. The lowest BCUT2D eigenvalue weighted by Gasteiger charge is -2.17. The highest BCUT2D eigenvalue weighted by molar-refractivity contribution is 7.18. The van der Waals surface area contributed by atoms with Gasteiger partial charge in [0.05, 0.1) is 34.5 Å². The molecule has 2 N–H and O–H groups in total. The minimum atomic E-state index is -0.593. The SMILES string of the molecule is O=C(CCc1nc2ccccc2s1)N[C@@H]1CO[C@H]2[C@@H]1OC[C@H]2O. The van der Waals surface area contributed by atoms with Crippen LogP contribution < -0.4 is 5.32 Å². The van der Waals surface area contributed by atoms with Crippen LogP contribution >= 0.6 is 11.3 Å². The van der Waals surface area contributed by atoms with Crippen molar-refractivity contribution in [2.45, 2.75) is 37.2 Å². The van der Waals surface area contributed by atoms with Crippen LogP contribution in [0.2, 0.25) is 0 Å². The molecular formula is C16H18N2O4S. The largest absolute Gasteiger partial charge is 0.388 e. The Morgan fingerprint density at radius 3 is 3.00 bits per heavy atom. The van der Waals surface area contributed by atoms with E-state index in [1.807, 2.05) is 24.3 Å². The highest BCUT2D eigenvalue weighted by Gasteiger charge is 2.47. The number of para-hydroxylation sites is 1. The Labute approximate surface area is 137 Å². The molecule has 3 heterocycles. The van der Waals surface area contributed by atoms with Crippen molar-refractivity contribution in [3.63, 3.8) is 0 Å². The molecule has 1 aromatic heterocycles. The lowest BCUT2D eigenvalue weighted by atomic mass is 10.1. The van der Waals surface area contributed by atoms with Gasteiger partial charge in [-0.05, 0) is 12.1 Å². The molecule has 6 nitrogen and oxygen atoms in total. The van der Waals surface area contributed by atoms with Gasteiger partial charge in [-0.25, -0.2) is 4.98 Å². The molecule has 1 amide bonds. The number of carbonyl (C=O) groups is 1. The lowest BCUT2D eigenvalue weighted by molar-refractivity contribution is -0.122. The number of amides is 1. The zero-order chi connectivity index (χ0) is 15.8. The zero-order valence-corrected chi connectivity index (χ0v) is 13.3. The maximum atomic E-state index is 12.1. The maximum absolute atomic E-state index is 12.1. The lowest BCUT2D eigenvalue weighted by Crippen LogP contribution is -2.44. The molecule has 2 fully saturated rings. The topological polar surface area (TPSA) is 80.7 Å². The second-order valence-electron chi connectivity index (χ2n) is 5.91. The summed E-state index contributed by atoms with van der Waals surface area (Å²) in [6.45, 7) is 0.659. The maximum Gasteiger partial charge on any atom is 0.220 e. The van der Waals surface area contributed by atoms with Crippen LogP contribution in [0.1, 0.15) is 11.4 Å². The van der Waals surface area contributed by atoms with Gasteiger partial charge in [0.15, 0.2) is 0 Å². The van der Waals surface area contributed by atoms with Crippen LogP contribution in [-0.2, 0) is 20.7 Å². The second kappa shape index (κ2) is 6.16. The first-order valence-electron chi connectivity index (χ1n) is 7.76. The van der Waals surface area contributed by atoms with E-state index in [2.05, 4.69) is 10.3 Å². The number of rotatable bonds is 4. The number of aliphatic hydroxyl groups is 1. The molecule has 7 heteroatoms. The number of carbonyl (C=O) groups excluding carboxylic acids is 1. The molecule has 0 bridgehead atoms. The van der Waals surface area contributed by atoms with Crippen LogP contribution in [0, 0.1) is 0 Å². The summed E-state index contributed by atoms with van der Waals surface area (Å²) in [6, 6.07) is 7.79. The van der Waals surface area contributed by atoms with E-state index in [1.165, 1.54) is 0 Å². The van der Waals surface area contributed by atoms with Crippen LogP contribution in [-0.4, -0.2) is 53.6 Å². The van der Waals surface area contributed by atoms with Crippen LogP contribution in [0.5, 0.6) is 0 Å². The first-order chi connectivity index (χ1) is 11.2. The van der Waals surface area contributed by atoms with Gasteiger partial charge < -0.3 is 19.9 Å².